The van der Waals surface area contributed by atoms with Crippen molar-refractivity contribution in [3.63, 3.8) is 0 Å². The van der Waals surface area contributed by atoms with Gasteiger partial charge in [0, 0.05) is 38.1 Å². The van der Waals surface area contributed by atoms with E-state index in [2.05, 4.69) is 27.3 Å². The first-order valence-electron chi connectivity index (χ1n) is 9.70. The number of carbonyl (C=O) groups is 1. The number of nitrogens with one attached hydrogen (secondary N) is 1. The van der Waals surface area contributed by atoms with E-state index in [-0.39, 0.29) is 5.91 Å². The highest BCUT2D eigenvalue weighted by Gasteiger charge is 2.22. The number of carbonyl (C=O) groups excluding carboxylic acids is 1. The van der Waals surface area contributed by atoms with Crippen molar-refractivity contribution in [1.82, 2.24) is 9.88 Å². The molecule has 1 aliphatic heterocycles. The summed E-state index contributed by atoms with van der Waals surface area (Å²) in [5.74, 6) is 1.43. The molecule has 3 aromatic rings. The number of rotatable bonds is 5. The molecule has 1 saturated heterocycles. The van der Waals surface area contributed by atoms with E-state index in [1.807, 2.05) is 59.5 Å². The second-order valence-electron chi connectivity index (χ2n) is 6.87. The van der Waals surface area contributed by atoms with E-state index >= 15 is 0 Å². The van der Waals surface area contributed by atoms with Gasteiger partial charge in [-0.15, -0.1) is 0 Å². The highest BCUT2D eigenvalue weighted by molar-refractivity contribution is 5.94. The number of anilines is 3. The van der Waals surface area contributed by atoms with Gasteiger partial charge < -0.3 is 19.9 Å². The molecule has 1 aromatic heterocycles. The molecule has 0 atom stereocenters. The van der Waals surface area contributed by atoms with Gasteiger partial charge in [0.25, 0.3) is 5.91 Å². The first-order chi connectivity index (χ1) is 14.2. The van der Waals surface area contributed by atoms with Crippen LogP contribution in [0.4, 0.5) is 17.2 Å². The monoisotopic (exact) mass is 388 g/mol. The van der Waals surface area contributed by atoms with Gasteiger partial charge in [0.15, 0.2) is 0 Å². The molecular weight excluding hydrogens is 364 g/mol. The van der Waals surface area contributed by atoms with Crippen LogP contribution in [0.1, 0.15) is 10.4 Å². The highest BCUT2D eigenvalue weighted by Crippen LogP contribution is 2.26. The third kappa shape index (κ3) is 4.32. The SMILES string of the molecule is COc1ccccc1Nc1ccc(C(=O)N2CCN(c3ccccc3)CC2)cn1. The fourth-order valence-corrected chi connectivity index (χ4v) is 3.47. The smallest absolute Gasteiger partial charge is 0.255 e. The van der Waals surface area contributed by atoms with E-state index in [4.69, 9.17) is 4.74 Å². The van der Waals surface area contributed by atoms with Crippen LogP contribution < -0.4 is 15.0 Å². The molecule has 2 heterocycles. The van der Waals surface area contributed by atoms with Gasteiger partial charge in [-0.05, 0) is 36.4 Å². The number of benzene rings is 2. The van der Waals surface area contributed by atoms with Crippen molar-refractivity contribution >= 4 is 23.1 Å². The van der Waals surface area contributed by atoms with E-state index < -0.39 is 0 Å². The largest absolute Gasteiger partial charge is 0.495 e. The van der Waals surface area contributed by atoms with Crippen LogP contribution in [-0.4, -0.2) is 49.1 Å². The predicted octanol–water partition coefficient (Wildman–Crippen LogP) is 3.80. The van der Waals surface area contributed by atoms with Gasteiger partial charge in [0.1, 0.15) is 11.6 Å². The Morgan fingerprint density at radius 2 is 1.66 bits per heavy atom. The molecule has 1 fully saturated rings. The quantitative estimate of drug-likeness (QED) is 0.721. The van der Waals surface area contributed by atoms with Crippen LogP contribution in [0.5, 0.6) is 5.75 Å². The van der Waals surface area contributed by atoms with Gasteiger partial charge in [-0.3, -0.25) is 4.79 Å². The molecule has 4 rings (SSSR count). The summed E-state index contributed by atoms with van der Waals surface area (Å²) in [5, 5.41) is 3.23. The predicted molar refractivity (Wildman–Crippen MR) is 115 cm³/mol. The zero-order valence-electron chi connectivity index (χ0n) is 16.4. The lowest BCUT2D eigenvalue weighted by Crippen LogP contribution is -2.48. The van der Waals surface area contributed by atoms with Gasteiger partial charge in [0.05, 0.1) is 18.4 Å². The Kier molecular flexibility index (Phi) is 5.61. The molecule has 0 bridgehead atoms. The molecule has 148 valence electrons. The molecule has 6 heteroatoms. The van der Waals surface area contributed by atoms with Crippen molar-refractivity contribution in [3.8, 4) is 5.75 Å². The Balaban J connectivity index is 1.37. The number of pyridine rings is 1. The zero-order valence-corrected chi connectivity index (χ0v) is 16.4. The van der Waals surface area contributed by atoms with Crippen molar-refractivity contribution in [1.29, 1.82) is 0 Å². The van der Waals surface area contributed by atoms with E-state index in [9.17, 15) is 4.79 Å². The molecule has 1 N–H and O–H groups in total. The Morgan fingerprint density at radius 3 is 2.34 bits per heavy atom. The summed E-state index contributed by atoms with van der Waals surface area (Å²) in [4.78, 5) is 21.4. The molecule has 0 aliphatic carbocycles. The average molecular weight is 388 g/mol. The summed E-state index contributed by atoms with van der Waals surface area (Å²) in [7, 11) is 1.63. The van der Waals surface area contributed by atoms with Crippen molar-refractivity contribution < 1.29 is 9.53 Å². The Morgan fingerprint density at radius 1 is 0.931 bits per heavy atom. The summed E-state index contributed by atoms with van der Waals surface area (Å²) in [6, 6.07) is 21.6. The van der Waals surface area contributed by atoms with Gasteiger partial charge in [-0.25, -0.2) is 4.98 Å². The minimum Gasteiger partial charge on any atom is -0.495 e. The lowest BCUT2D eigenvalue weighted by atomic mass is 10.2. The fraction of sp³-hybridized carbons (Fsp3) is 0.217. The van der Waals surface area contributed by atoms with Crippen LogP contribution in [0.2, 0.25) is 0 Å². The summed E-state index contributed by atoms with van der Waals surface area (Å²) >= 11 is 0. The van der Waals surface area contributed by atoms with Crippen LogP contribution >= 0.6 is 0 Å². The van der Waals surface area contributed by atoms with Crippen LogP contribution in [0, 0.1) is 0 Å². The van der Waals surface area contributed by atoms with E-state index in [1.54, 1.807) is 13.3 Å². The van der Waals surface area contributed by atoms with Gasteiger partial charge in [-0.2, -0.15) is 0 Å². The molecule has 1 amide bonds. The normalized spacial score (nSPS) is 13.8. The van der Waals surface area contributed by atoms with Crippen molar-refractivity contribution in [3.05, 3.63) is 78.5 Å². The minimum absolute atomic E-state index is 0.0223. The standard InChI is InChI=1S/C23H24N4O2/c1-29-21-10-6-5-9-20(21)25-22-12-11-18(17-24-22)23(28)27-15-13-26(14-16-27)19-7-3-2-4-8-19/h2-12,17H,13-16H2,1H3,(H,24,25). The van der Waals surface area contributed by atoms with Crippen molar-refractivity contribution in [2.75, 3.05) is 43.5 Å². The van der Waals surface area contributed by atoms with Crippen LogP contribution in [-0.2, 0) is 0 Å². The number of ether oxygens (including phenoxy) is 1. The lowest BCUT2D eigenvalue weighted by Gasteiger charge is -2.36. The summed E-state index contributed by atoms with van der Waals surface area (Å²) < 4.78 is 5.34. The van der Waals surface area contributed by atoms with Gasteiger partial charge in [0.2, 0.25) is 0 Å². The molecule has 1 aliphatic rings. The number of hydrogen-bond acceptors (Lipinski definition) is 5. The molecule has 0 unspecified atom stereocenters. The third-order valence-electron chi connectivity index (χ3n) is 5.07. The van der Waals surface area contributed by atoms with Crippen molar-refractivity contribution in [2.24, 2.45) is 0 Å². The number of amides is 1. The number of nitrogens with zero attached hydrogens (tertiary/aromatic N) is 3. The van der Waals surface area contributed by atoms with Gasteiger partial charge >= 0.3 is 0 Å². The molecule has 0 saturated carbocycles. The summed E-state index contributed by atoms with van der Waals surface area (Å²) in [5.41, 5.74) is 2.63. The minimum atomic E-state index is 0.0223. The van der Waals surface area contributed by atoms with E-state index in [0.29, 0.717) is 24.5 Å². The van der Waals surface area contributed by atoms with Crippen molar-refractivity contribution in [2.45, 2.75) is 0 Å². The lowest BCUT2D eigenvalue weighted by molar-refractivity contribution is 0.0746. The maximum absolute atomic E-state index is 12.8. The summed E-state index contributed by atoms with van der Waals surface area (Å²) in [6.45, 7) is 3.07. The maximum Gasteiger partial charge on any atom is 0.255 e. The highest BCUT2D eigenvalue weighted by atomic mass is 16.5. The molecule has 6 nitrogen and oxygen atoms in total. The van der Waals surface area contributed by atoms with E-state index in [0.717, 1.165) is 24.5 Å². The molecule has 29 heavy (non-hydrogen) atoms. The molecule has 0 spiro atoms. The fourth-order valence-electron chi connectivity index (χ4n) is 3.47. The van der Waals surface area contributed by atoms with Crippen LogP contribution in [0.3, 0.4) is 0 Å². The number of aromatic nitrogens is 1. The Labute approximate surface area is 170 Å². The van der Waals surface area contributed by atoms with E-state index in [1.165, 1.54) is 5.69 Å². The Hall–Kier alpha value is -3.54. The number of hydrogen-bond donors (Lipinski definition) is 1. The first kappa shape index (κ1) is 18.8. The number of para-hydroxylation sites is 3. The first-order valence-corrected chi connectivity index (χ1v) is 9.70. The number of piperazine rings is 1. The topological polar surface area (TPSA) is 57.7 Å². The molecule has 0 radical (unpaired) electrons. The third-order valence-corrected chi connectivity index (χ3v) is 5.07. The van der Waals surface area contributed by atoms with Crippen LogP contribution in [0.25, 0.3) is 0 Å². The second kappa shape index (κ2) is 8.65. The zero-order chi connectivity index (χ0) is 20.1. The Bertz CT molecular complexity index is 952. The summed E-state index contributed by atoms with van der Waals surface area (Å²) in [6.07, 6.45) is 1.63. The number of methoxy groups -OCH3 is 1. The average Bonchev–Trinajstić information content (AvgIpc) is 2.80. The molecule has 2 aromatic carbocycles. The maximum atomic E-state index is 12.8. The molecular formula is C23H24N4O2. The van der Waals surface area contributed by atoms with Gasteiger partial charge in [-0.1, -0.05) is 30.3 Å². The van der Waals surface area contributed by atoms with Crippen LogP contribution in [0.15, 0.2) is 72.9 Å². The second-order valence-corrected chi connectivity index (χ2v) is 6.87.